The van der Waals surface area contributed by atoms with E-state index in [-0.39, 0.29) is 34.8 Å². The summed E-state index contributed by atoms with van der Waals surface area (Å²) in [6.45, 7) is -0.154. The summed E-state index contributed by atoms with van der Waals surface area (Å²) in [6.07, 6.45) is 0.248. The van der Waals surface area contributed by atoms with Gasteiger partial charge in [0.2, 0.25) is 0 Å². The highest BCUT2D eigenvalue weighted by molar-refractivity contribution is 6.33. The second kappa shape index (κ2) is 7.91. The first-order chi connectivity index (χ1) is 12.8. The van der Waals surface area contributed by atoms with Gasteiger partial charge in [-0.3, -0.25) is 19.5 Å². The van der Waals surface area contributed by atoms with Crippen LogP contribution in [-0.2, 0) is 6.54 Å². The Morgan fingerprint density at radius 3 is 2.63 bits per heavy atom. The van der Waals surface area contributed by atoms with Crippen LogP contribution in [0.3, 0.4) is 0 Å². The molecule has 0 bridgehead atoms. The van der Waals surface area contributed by atoms with E-state index in [1.54, 1.807) is 24.3 Å². The Morgan fingerprint density at radius 2 is 1.96 bits per heavy atom. The Balaban J connectivity index is 1.78. The number of rotatable bonds is 6. The summed E-state index contributed by atoms with van der Waals surface area (Å²) in [4.78, 5) is 27.0. The number of aliphatic hydroxyl groups excluding tert-OH is 1. The number of nitro groups is 1. The number of benzene rings is 2. The minimum atomic E-state index is -1.00. The van der Waals surface area contributed by atoms with Crippen LogP contribution in [0.5, 0.6) is 5.75 Å². The van der Waals surface area contributed by atoms with Crippen LogP contribution in [0.25, 0.3) is 10.9 Å². The molecule has 0 saturated carbocycles. The number of fused-ring (bicyclic) bond motifs is 1. The summed E-state index contributed by atoms with van der Waals surface area (Å²) >= 11 is 11.6. The maximum absolute atomic E-state index is 12.6. The van der Waals surface area contributed by atoms with Gasteiger partial charge in [0.1, 0.15) is 23.5 Å². The fourth-order valence-electron chi connectivity index (χ4n) is 2.44. The van der Waals surface area contributed by atoms with E-state index in [0.29, 0.717) is 10.8 Å². The van der Waals surface area contributed by atoms with E-state index in [0.717, 1.165) is 10.6 Å². The number of ether oxygens (including phenoxy) is 1. The van der Waals surface area contributed by atoms with Crippen molar-refractivity contribution >= 4 is 39.8 Å². The van der Waals surface area contributed by atoms with E-state index in [1.165, 1.54) is 12.4 Å². The van der Waals surface area contributed by atoms with Crippen LogP contribution in [0, 0.1) is 10.1 Å². The Labute approximate surface area is 162 Å². The molecule has 1 heterocycles. The van der Waals surface area contributed by atoms with Gasteiger partial charge in [-0.05, 0) is 30.3 Å². The van der Waals surface area contributed by atoms with Gasteiger partial charge in [-0.1, -0.05) is 23.2 Å². The predicted octanol–water partition coefficient (Wildman–Crippen LogP) is 3.05. The number of hydrogen-bond donors (Lipinski definition) is 1. The highest BCUT2D eigenvalue weighted by atomic mass is 35.5. The van der Waals surface area contributed by atoms with Crippen molar-refractivity contribution < 1.29 is 14.8 Å². The van der Waals surface area contributed by atoms with Crippen LogP contribution in [0.2, 0.25) is 10.0 Å². The lowest BCUT2D eigenvalue weighted by Crippen LogP contribution is -2.30. The summed E-state index contributed by atoms with van der Waals surface area (Å²) in [5.41, 5.74) is -0.670. The molecule has 0 spiro atoms. The fraction of sp³-hybridized carbons (Fsp3) is 0.176. The van der Waals surface area contributed by atoms with Crippen LogP contribution < -0.4 is 10.3 Å². The van der Waals surface area contributed by atoms with Crippen molar-refractivity contribution in [3.05, 3.63) is 73.2 Å². The Kier molecular flexibility index (Phi) is 5.59. The lowest BCUT2D eigenvalue weighted by molar-refractivity contribution is -0.384. The number of halogens is 2. The molecule has 1 N–H and O–H groups in total. The van der Waals surface area contributed by atoms with E-state index < -0.39 is 16.6 Å². The van der Waals surface area contributed by atoms with Crippen LogP contribution in [0.1, 0.15) is 0 Å². The van der Waals surface area contributed by atoms with Crippen molar-refractivity contribution in [1.29, 1.82) is 0 Å². The molecule has 0 saturated heterocycles. The van der Waals surface area contributed by atoms with E-state index in [4.69, 9.17) is 27.9 Å². The van der Waals surface area contributed by atoms with Gasteiger partial charge >= 0.3 is 0 Å². The van der Waals surface area contributed by atoms with Crippen molar-refractivity contribution in [3.8, 4) is 5.75 Å². The highest BCUT2D eigenvalue weighted by Crippen LogP contribution is 2.27. The molecule has 1 atom stereocenters. The normalized spacial score (nSPS) is 12.1. The second-order valence-corrected chi connectivity index (χ2v) is 6.54. The molecule has 0 aliphatic rings. The molecule has 140 valence electrons. The molecule has 3 aromatic rings. The lowest BCUT2D eigenvalue weighted by atomic mass is 10.2. The first-order valence-electron chi connectivity index (χ1n) is 7.74. The van der Waals surface area contributed by atoms with Gasteiger partial charge in [0.05, 0.1) is 28.7 Å². The SMILES string of the molecule is O=c1c2cc([N+](=O)[O-])c(Cl)cc2ncn1C[C@@H](O)COc1ccc(Cl)cc1. The molecule has 0 aliphatic heterocycles. The summed E-state index contributed by atoms with van der Waals surface area (Å²) in [5.74, 6) is 0.521. The monoisotopic (exact) mass is 409 g/mol. The minimum Gasteiger partial charge on any atom is -0.491 e. The van der Waals surface area contributed by atoms with Gasteiger partial charge in [0.25, 0.3) is 11.2 Å². The molecule has 2 aromatic carbocycles. The zero-order valence-corrected chi connectivity index (χ0v) is 15.2. The second-order valence-electron chi connectivity index (χ2n) is 5.70. The molecule has 0 aliphatic carbocycles. The molecule has 1 aromatic heterocycles. The summed E-state index contributed by atoms with van der Waals surface area (Å²) in [6, 6.07) is 8.96. The average molecular weight is 410 g/mol. The van der Waals surface area contributed by atoms with Crippen LogP contribution in [0.4, 0.5) is 5.69 Å². The first kappa shape index (κ1) is 19.1. The van der Waals surface area contributed by atoms with Crippen molar-refractivity contribution in [2.45, 2.75) is 12.6 Å². The third-order valence-corrected chi connectivity index (χ3v) is 4.31. The summed E-state index contributed by atoms with van der Waals surface area (Å²) < 4.78 is 6.60. The van der Waals surface area contributed by atoms with E-state index in [2.05, 4.69) is 4.98 Å². The number of hydrogen-bond acceptors (Lipinski definition) is 6. The molecule has 8 nitrogen and oxygen atoms in total. The number of aliphatic hydroxyl groups is 1. The molecular weight excluding hydrogens is 397 g/mol. The first-order valence-corrected chi connectivity index (χ1v) is 8.50. The summed E-state index contributed by atoms with van der Waals surface area (Å²) in [5, 5.41) is 21.6. The third-order valence-electron chi connectivity index (χ3n) is 3.75. The molecule has 10 heteroatoms. The molecule has 3 rings (SSSR count). The Morgan fingerprint density at radius 1 is 1.26 bits per heavy atom. The molecule has 0 amide bonds. The van der Waals surface area contributed by atoms with E-state index in [9.17, 15) is 20.0 Å². The largest absolute Gasteiger partial charge is 0.491 e. The minimum absolute atomic E-state index is 0.0411. The predicted molar refractivity (Wildman–Crippen MR) is 101 cm³/mol. The van der Waals surface area contributed by atoms with Crippen LogP contribution in [0.15, 0.2) is 47.5 Å². The van der Waals surface area contributed by atoms with Crippen molar-refractivity contribution in [2.75, 3.05) is 6.61 Å². The highest BCUT2D eigenvalue weighted by Gasteiger charge is 2.17. The zero-order valence-electron chi connectivity index (χ0n) is 13.7. The average Bonchev–Trinajstić information content (AvgIpc) is 2.63. The number of nitro benzene ring substituents is 1. The topological polar surface area (TPSA) is 107 Å². The maximum atomic E-state index is 12.6. The lowest BCUT2D eigenvalue weighted by Gasteiger charge is -2.14. The number of aromatic nitrogens is 2. The molecule has 0 unspecified atom stereocenters. The smallest absolute Gasteiger partial charge is 0.288 e. The van der Waals surface area contributed by atoms with Gasteiger partial charge in [0.15, 0.2) is 0 Å². The van der Waals surface area contributed by atoms with Gasteiger partial charge in [-0.25, -0.2) is 4.98 Å². The van der Waals surface area contributed by atoms with Crippen LogP contribution in [-0.4, -0.2) is 32.3 Å². The fourth-order valence-corrected chi connectivity index (χ4v) is 2.79. The molecule has 0 fully saturated rings. The van der Waals surface area contributed by atoms with Crippen molar-refractivity contribution in [1.82, 2.24) is 9.55 Å². The number of nitrogens with zero attached hydrogens (tertiary/aromatic N) is 3. The third kappa shape index (κ3) is 4.36. The molecule has 27 heavy (non-hydrogen) atoms. The zero-order chi connectivity index (χ0) is 19.6. The van der Waals surface area contributed by atoms with Gasteiger partial charge < -0.3 is 9.84 Å². The quantitative estimate of drug-likeness (QED) is 0.495. The maximum Gasteiger partial charge on any atom is 0.288 e. The Bertz CT molecular complexity index is 1050. The van der Waals surface area contributed by atoms with E-state index >= 15 is 0 Å². The van der Waals surface area contributed by atoms with Crippen molar-refractivity contribution in [3.63, 3.8) is 0 Å². The summed E-state index contributed by atoms with van der Waals surface area (Å²) in [7, 11) is 0. The van der Waals surface area contributed by atoms with Gasteiger partial charge in [0, 0.05) is 11.1 Å². The van der Waals surface area contributed by atoms with Gasteiger partial charge in [-0.15, -0.1) is 0 Å². The molecular formula is C17H13Cl2N3O5. The Hall–Kier alpha value is -2.68. The van der Waals surface area contributed by atoms with Crippen molar-refractivity contribution in [2.24, 2.45) is 0 Å². The van der Waals surface area contributed by atoms with E-state index in [1.807, 2.05) is 0 Å². The standard InChI is InChI=1S/C17H13Cl2N3O5/c18-10-1-3-12(4-2-10)27-8-11(23)7-21-9-20-15-6-14(19)16(22(25)26)5-13(15)17(21)24/h1-6,9,11,23H,7-8H2/t11-/m1/s1. The van der Waals surface area contributed by atoms with Crippen LogP contribution >= 0.6 is 23.2 Å². The van der Waals surface area contributed by atoms with Gasteiger partial charge in [-0.2, -0.15) is 0 Å². The molecule has 0 radical (unpaired) electrons.